The van der Waals surface area contributed by atoms with Gasteiger partial charge in [-0.25, -0.2) is 4.79 Å². The van der Waals surface area contributed by atoms with Crippen molar-refractivity contribution in [1.82, 2.24) is 0 Å². The molecular formula is C14H21NO3. The molecule has 100 valence electrons. The summed E-state index contributed by atoms with van der Waals surface area (Å²) in [5, 5.41) is 11.7. The number of esters is 1. The van der Waals surface area contributed by atoms with E-state index in [-0.39, 0.29) is 12.6 Å². The lowest BCUT2D eigenvalue weighted by atomic mass is 10.1. The lowest BCUT2D eigenvalue weighted by Crippen LogP contribution is -2.09. The van der Waals surface area contributed by atoms with Crippen LogP contribution >= 0.6 is 0 Å². The highest BCUT2D eigenvalue weighted by Gasteiger charge is 2.07. The Morgan fingerprint density at radius 1 is 1.33 bits per heavy atom. The van der Waals surface area contributed by atoms with Gasteiger partial charge in [-0.2, -0.15) is 0 Å². The Balaban J connectivity index is 2.43. The van der Waals surface area contributed by atoms with Crippen molar-refractivity contribution in [3.63, 3.8) is 0 Å². The first-order valence-electron chi connectivity index (χ1n) is 6.25. The van der Waals surface area contributed by atoms with Crippen LogP contribution in [0.2, 0.25) is 0 Å². The molecule has 0 fully saturated rings. The summed E-state index contributed by atoms with van der Waals surface area (Å²) in [4.78, 5) is 11.7. The third-order valence-corrected chi connectivity index (χ3v) is 2.49. The minimum Gasteiger partial charge on any atom is -0.462 e. The lowest BCUT2D eigenvalue weighted by Gasteiger charge is -2.08. The third-order valence-electron chi connectivity index (χ3n) is 2.49. The number of aliphatic hydroxyl groups excluding tert-OH is 1. The van der Waals surface area contributed by atoms with Gasteiger partial charge in [0.1, 0.15) is 0 Å². The average molecular weight is 251 g/mol. The number of ether oxygens (including phenoxy) is 1. The first-order chi connectivity index (χ1) is 8.63. The molecule has 0 spiro atoms. The quantitative estimate of drug-likeness (QED) is 0.730. The van der Waals surface area contributed by atoms with Crippen molar-refractivity contribution in [2.45, 2.75) is 20.3 Å². The highest BCUT2D eigenvalue weighted by Crippen LogP contribution is 2.10. The zero-order valence-electron chi connectivity index (χ0n) is 11.0. The number of aliphatic hydroxyl groups is 1. The summed E-state index contributed by atoms with van der Waals surface area (Å²) >= 11 is 0. The summed E-state index contributed by atoms with van der Waals surface area (Å²) in [6.07, 6.45) is 0.877. The molecule has 0 aliphatic heterocycles. The molecule has 0 atom stereocenters. The Labute approximate surface area is 108 Å². The van der Waals surface area contributed by atoms with E-state index in [0.717, 1.165) is 12.1 Å². The molecular weight excluding hydrogens is 230 g/mol. The molecule has 0 saturated heterocycles. The molecule has 0 amide bonds. The van der Waals surface area contributed by atoms with Gasteiger partial charge in [-0.1, -0.05) is 13.8 Å². The average Bonchev–Trinajstić information content (AvgIpc) is 2.36. The van der Waals surface area contributed by atoms with Gasteiger partial charge >= 0.3 is 5.97 Å². The SMILES string of the molecule is CC(C)CCOC(=O)c1ccc(NCCO)cc1. The summed E-state index contributed by atoms with van der Waals surface area (Å²) in [6.45, 7) is 5.23. The largest absolute Gasteiger partial charge is 0.462 e. The predicted molar refractivity (Wildman–Crippen MR) is 71.8 cm³/mol. The molecule has 1 rings (SSSR count). The van der Waals surface area contributed by atoms with Crippen molar-refractivity contribution in [2.75, 3.05) is 25.1 Å². The normalized spacial score (nSPS) is 10.4. The molecule has 0 unspecified atom stereocenters. The maximum absolute atomic E-state index is 11.7. The summed E-state index contributed by atoms with van der Waals surface area (Å²) < 4.78 is 5.16. The number of nitrogens with one attached hydrogen (secondary N) is 1. The van der Waals surface area contributed by atoms with Crippen LogP contribution < -0.4 is 5.32 Å². The van der Waals surface area contributed by atoms with Gasteiger partial charge in [0.05, 0.1) is 18.8 Å². The van der Waals surface area contributed by atoms with Gasteiger partial charge in [0.15, 0.2) is 0 Å². The van der Waals surface area contributed by atoms with E-state index in [4.69, 9.17) is 9.84 Å². The van der Waals surface area contributed by atoms with Gasteiger partial charge in [-0.05, 0) is 36.6 Å². The van der Waals surface area contributed by atoms with Crippen LogP contribution in [0.5, 0.6) is 0 Å². The van der Waals surface area contributed by atoms with Crippen molar-refractivity contribution in [3.05, 3.63) is 29.8 Å². The molecule has 0 aliphatic rings. The molecule has 4 nitrogen and oxygen atoms in total. The maximum atomic E-state index is 11.7. The van der Waals surface area contributed by atoms with Gasteiger partial charge in [0, 0.05) is 12.2 Å². The predicted octanol–water partition coefficient (Wildman–Crippen LogP) is 2.29. The van der Waals surface area contributed by atoms with E-state index < -0.39 is 0 Å². The molecule has 4 heteroatoms. The highest BCUT2D eigenvalue weighted by molar-refractivity contribution is 5.89. The standard InChI is InChI=1S/C14H21NO3/c1-11(2)7-10-18-14(17)12-3-5-13(6-4-12)15-8-9-16/h3-6,11,15-16H,7-10H2,1-2H3. The molecule has 0 heterocycles. The fraction of sp³-hybridized carbons (Fsp3) is 0.500. The Hall–Kier alpha value is -1.55. The van der Waals surface area contributed by atoms with Crippen molar-refractivity contribution in [3.8, 4) is 0 Å². The minimum absolute atomic E-state index is 0.0823. The number of hydrogen-bond acceptors (Lipinski definition) is 4. The second-order valence-electron chi connectivity index (χ2n) is 4.55. The van der Waals surface area contributed by atoms with Crippen LogP contribution in [0.4, 0.5) is 5.69 Å². The minimum atomic E-state index is -0.288. The number of rotatable bonds is 7. The maximum Gasteiger partial charge on any atom is 0.338 e. The molecule has 0 saturated carbocycles. The van der Waals surface area contributed by atoms with Crippen LogP contribution in [0.3, 0.4) is 0 Å². The van der Waals surface area contributed by atoms with Crippen LogP contribution in [0, 0.1) is 5.92 Å². The molecule has 1 aromatic carbocycles. The van der Waals surface area contributed by atoms with E-state index in [0.29, 0.717) is 24.6 Å². The first kappa shape index (κ1) is 14.5. The van der Waals surface area contributed by atoms with Gasteiger partial charge < -0.3 is 15.2 Å². The molecule has 0 radical (unpaired) electrons. The highest BCUT2D eigenvalue weighted by atomic mass is 16.5. The Morgan fingerprint density at radius 3 is 2.56 bits per heavy atom. The van der Waals surface area contributed by atoms with E-state index >= 15 is 0 Å². The second kappa shape index (κ2) is 7.71. The topological polar surface area (TPSA) is 58.6 Å². The third kappa shape index (κ3) is 5.19. The van der Waals surface area contributed by atoms with Gasteiger partial charge in [0.25, 0.3) is 0 Å². The Bertz CT molecular complexity index is 360. The first-order valence-corrected chi connectivity index (χ1v) is 6.25. The van der Waals surface area contributed by atoms with Crippen molar-refractivity contribution < 1.29 is 14.6 Å². The van der Waals surface area contributed by atoms with Crippen LogP contribution in [0.15, 0.2) is 24.3 Å². The second-order valence-corrected chi connectivity index (χ2v) is 4.55. The van der Waals surface area contributed by atoms with Crippen LogP contribution in [-0.4, -0.2) is 30.8 Å². The van der Waals surface area contributed by atoms with Gasteiger partial charge in [-0.15, -0.1) is 0 Å². The molecule has 18 heavy (non-hydrogen) atoms. The lowest BCUT2D eigenvalue weighted by molar-refractivity contribution is 0.0488. The van der Waals surface area contributed by atoms with Gasteiger partial charge in [0.2, 0.25) is 0 Å². The number of benzene rings is 1. The van der Waals surface area contributed by atoms with Crippen LogP contribution in [-0.2, 0) is 4.74 Å². The Kier molecular flexibility index (Phi) is 6.22. The molecule has 0 aliphatic carbocycles. The zero-order valence-corrected chi connectivity index (χ0v) is 11.0. The van der Waals surface area contributed by atoms with Crippen molar-refractivity contribution in [2.24, 2.45) is 5.92 Å². The smallest absolute Gasteiger partial charge is 0.338 e. The summed E-state index contributed by atoms with van der Waals surface area (Å²) in [7, 11) is 0. The van der Waals surface area contributed by atoms with Crippen molar-refractivity contribution >= 4 is 11.7 Å². The monoisotopic (exact) mass is 251 g/mol. The number of carbonyl (C=O) groups excluding carboxylic acids is 1. The van der Waals surface area contributed by atoms with E-state index in [9.17, 15) is 4.79 Å². The van der Waals surface area contributed by atoms with E-state index in [1.54, 1.807) is 24.3 Å². The Morgan fingerprint density at radius 2 is 2.00 bits per heavy atom. The molecule has 0 bridgehead atoms. The number of anilines is 1. The number of hydrogen-bond donors (Lipinski definition) is 2. The van der Waals surface area contributed by atoms with Crippen molar-refractivity contribution in [1.29, 1.82) is 0 Å². The fourth-order valence-electron chi connectivity index (χ4n) is 1.40. The summed E-state index contributed by atoms with van der Waals surface area (Å²) in [6, 6.07) is 7.04. The summed E-state index contributed by atoms with van der Waals surface area (Å²) in [5.41, 5.74) is 1.43. The van der Waals surface area contributed by atoms with E-state index in [2.05, 4.69) is 19.2 Å². The van der Waals surface area contributed by atoms with Crippen LogP contribution in [0.25, 0.3) is 0 Å². The number of carbonyl (C=O) groups is 1. The van der Waals surface area contributed by atoms with E-state index in [1.807, 2.05) is 0 Å². The van der Waals surface area contributed by atoms with Crippen LogP contribution in [0.1, 0.15) is 30.6 Å². The fourth-order valence-corrected chi connectivity index (χ4v) is 1.40. The summed E-state index contributed by atoms with van der Waals surface area (Å²) in [5.74, 6) is 0.243. The molecule has 2 N–H and O–H groups in total. The molecule has 0 aromatic heterocycles. The van der Waals surface area contributed by atoms with E-state index in [1.165, 1.54) is 0 Å². The molecule has 1 aromatic rings. The zero-order chi connectivity index (χ0) is 13.4. The van der Waals surface area contributed by atoms with Gasteiger partial charge in [-0.3, -0.25) is 0 Å².